The number of ketones is 2. The zero-order chi connectivity index (χ0) is 33.2. The molecule has 0 radical (unpaired) electrons. The number of halogens is 1. The molecule has 4 aliphatic carbocycles. The fourth-order valence-electron chi connectivity index (χ4n) is 7.93. The summed E-state index contributed by atoms with van der Waals surface area (Å²) in [4.78, 5) is 63.4. The van der Waals surface area contributed by atoms with Gasteiger partial charge in [0.2, 0.25) is 5.78 Å². The molecule has 5 N–H and O–H groups in total. The first-order valence-electron chi connectivity index (χ1n) is 14.9. The molecule has 0 unspecified atom stereocenters. The maximum absolute atomic E-state index is 17.2. The number of nitrogens with one attached hydrogen (secondary N) is 2. The molecule has 0 aromatic carbocycles. The number of unbranched alkanes of at least 4 members (excludes halogenated alkanes) is 1. The van der Waals surface area contributed by atoms with Crippen LogP contribution in [-0.4, -0.2) is 101 Å². The van der Waals surface area contributed by atoms with Crippen molar-refractivity contribution in [2.24, 2.45) is 22.7 Å². The summed E-state index contributed by atoms with van der Waals surface area (Å²) < 4.78 is 27.0. The van der Waals surface area contributed by atoms with Crippen LogP contribution in [0.15, 0.2) is 23.8 Å². The van der Waals surface area contributed by atoms with E-state index in [1.165, 1.54) is 25.2 Å². The fourth-order valence-corrected chi connectivity index (χ4v) is 7.93. The van der Waals surface area contributed by atoms with Gasteiger partial charge in [0, 0.05) is 23.3 Å². The van der Waals surface area contributed by atoms with E-state index in [-0.39, 0.29) is 51.3 Å². The number of nitrogens with zero attached hydrogens (tertiary/aromatic N) is 1. The van der Waals surface area contributed by atoms with E-state index in [0.29, 0.717) is 24.8 Å². The smallest absolute Gasteiger partial charge is 0.407 e. The lowest BCUT2D eigenvalue weighted by Gasteiger charge is -2.62. The third-order valence-electron chi connectivity index (χ3n) is 10.3. The van der Waals surface area contributed by atoms with Crippen LogP contribution in [-0.2, 0) is 23.9 Å². The van der Waals surface area contributed by atoms with Gasteiger partial charge < -0.3 is 40.3 Å². The Morgan fingerprint density at radius 1 is 1.07 bits per heavy atom. The molecule has 3 fully saturated rings. The third-order valence-corrected chi connectivity index (χ3v) is 10.3. The summed E-state index contributed by atoms with van der Waals surface area (Å²) in [6.07, 6.45) is -0.0175. The van der Waals surface area contributed by atoms with Crippen molar-refractivity contribution in [1.82, 2.24) is 10.6 Å². The number of rotatable bonds is 12. The monoisotopic (exact) mass is 641 g/mol. The molecule has 2 amide bonds. The number of amides is 2. The van der Waals surface area contributed by atoms with Gasteiger partial charge in [-0.2, -0.15) is 0 Å². The van der Waals surface area contributed by atoms with Crippen LogP contribution in [0.25, 0.3) is 0 Å². The van der Waals surface area contributed by atoms with Gasteiger partial charge in [0.1, 0.15) is 6.61 Å². The molecule has 0 aromatic rings. The van der Waals surface area contributed by atoms with E-state index in [9.17, 15) is 44.6 Å². The Bertz CT molecular complexity index is 1280. The van der Waals surface area contributed by atoms with Gasteiger partial charge >= 0.3 is 12.2 Å². The summed E-state index contributed by atoms with van der Waals surface area (Å²) in [6.45, 7) is 1.91. The minimum Gasteiger partial charge on any atom is -0.448 e. The van der Waals surface area contributed by atoms with Crippen LogP contribution < -0.4 is 10.6 Å². The quantitative estimate of drug-likeness (QED) is 0.115. The number of alkyl carbamates (subject to hydrolysis) is 2. The number of hydrogen-bond donors (Lipinski definition) is 5. The van der Waals surface area contributed by atoms with Crippen molar-refractivity contribution in [3.8, 4) is 0 Å². The average molecular weight is 642 g/mol. The molecule has 4 rings (SSSR count). The van der Waals surface area contributed by atoms with Crippen LogP contribution in [0.5, 0.6) is 0 Å². The predicted molar refractivity (Wildman–Crippen MR) is 151 cm³/mol. The Kier molecular flexibility index (Phi) is 9.90. The van der Waals surface area contributed by atoms with Gasteiger partial charge in [0.05, 0.1) is 25.4 Å². The summed E-state index contributed by atoms with van der Waals surface area (Å²) in [5.41, 5.74) is -6.80. The van der Waals surface area contributed by atoms with Gasteiger partial charge in [-0.3, -0.25) is 9.59 Å². The number of carbonyl (C=O) groups excluding carboxylic acids is 4. The van der Waals surface area contributed by atoms with E-state index in [4.69, 9.17) is 9.47 Å². The molecule has 250 valence electrons. The molecular weight excluding hydrogens is 601 g/mol. The van der Waals surface area contributed by atoms with Gasteiger partial charge in [-0.15, -0.1) is 10.1 Å². The molecule has 0 aliphatic heterocycles. The summed E-state index contributed by atoms with van der Waals surface area (Å²) >= 11 is 0. The lowest BCUT2D eigenvalue weighted by Crippen LogP contribution is -2.69. The molecule has 0 heterocycles. The van der Waals surface area contributed by atoms with Crippen molar-refractivity contribution in [3.05, 3.63) is 33.9 Å². The normalized spacial score (nSPS) is 36.5. The van der Waals surface area contributed by atoms with Crippen molar-refractivity contribution < 1.29 is 58.3 Å². The van der Waals surface area contributed by atoms with Crippen LogP contribution in [0.2, 0.25) is 0 Å². The minimum absolute atomic E-state index is 0.102. The molecule has 15 nitrogen and oxygen atoms in total. The van der Waals surface area contributed by atoms with Crippen LogP contribution in [0.4, 0.5) is 14.0 Å². The molecule has 0 aromatic heterocycles. The molecule has 0 saturated heterocycles. The number of allylic oxidation sites excluding steroid dienone is 4. The second kappa shape index (κ2) is 13.0. The Balaban J connectivity index is 1.29. The zero-order valence-electron chi connectivity index (χ0n) is 25.2. The second-order valence-corrected chi connectivity index (χ2v) is 12.5. The first-order valence-corrected chi connectivity index (χ1v) is 14.9. The number of aliphatic hydroxyl groups excluding tert-OH is 2. The lowest BCUT2D eigenvalue weighted by atomic mass is 9.44. The van der Waals surface area contributed by atoms with E-state index in [2.05, 4.69) is 15.5 Å². The van der Waals surface area contributed by atoms with Gasteiger partial charge in [-0.1, -0.05) is 18.6 Å². The van der Waals surface area contributed by atoms with E-state index in [1.807, 2.05) is 0 Å². The van der Waals surface area contributed by atoms with Crippen molar-refractivity contribution in [2.45, 2.75) is 75.9 Å². The Hall–Kier alpha value is -3.63. The van der Waals surface area contributed by atoms with Gasteiger partial charge in [0.25, 0.3) is 5.09 Å². The number of alkyl halides is 1. The second-order valence-electron chi connectivity index (χ2n) is 12.5. The molecule has 0 spiro atoms. The Labute approximate surface area is 258 Å². The average Bonchev–Trinajstić information content (AvgIpc) is 3.18. The molecule has 8 atom stereocenters. The SMILES string of the molecule is C[C@]12C=CC(=O)C=C1CC[C@H]1[C@@H]3C[C@@H](O)[C@](O)(C(=O)COC(=O)NCCOC(=O)NCCCCO[N+](=O)[O-])[C@@]3(C)C[C@H](O)[C@@]12F. The summed E-state index contributed by atoms with van der Waals surface area (Å²) in [7, 11) is 0. The first-order chi connectivity index (χ1) is 21.1. The predicted octanol–water partition coefficient (Wildman–Crippen LogP) is 1.07. The van der Waals surface area contributed by atoms with Crippen LogP contribution >= 0.6 is 0 Å². The molecule has 0 bridgehead atoms. The molecule has 3 saturated carbocycles. The van der Waals surface area contributed by atoms with Gasteiger partial charge in [0.15, 0.2) is 23.7 Å². The highest BCUT2D eigenvalue weighted by molar-refractivity contribution is 6.01. The molecule has 45 heavy (non-hydrogen) atoms. The van der Waals surface area contributed by atoms with Crippen molar-refractivity contribution >= 4 is 23.8 Å². The number of Topliss-reactive ketones (excluding diaryl/α,β-unsaturated/α-hetero) is 1. The number of fused-ring (bicyclic) bond motifs is 5. The minimum atomic E-state index is -2.44. The summed E-state index contributed by atoms with van der Waals surface area (Å²) in [5.74, 6) is -2.80. The Morgan fingerprint density at radius 3 is 2.47 bits per heavy atom. The molecule has 16 heteroatoms. The van der Waals surface area contributed by atoms with Crippen molar-refractivity contribution in [3.63, 3.8) is 0 Å². The van der Waals surface area contributed by atoms with Crippen molar-refractivity contribution in [2.75, 3.05) is 32.9 Å². The third kappa shape index (κ3) is 6.02. The van der Waals surface area contributed by atoms with E-state index < -0.39 is 75.8 Å². The maximum atomic E-state index is 17.2. The molecule has 4 aliphatic rings. The van der Waals surface area contributed by atoms with Crippen LogP contribution in [0.3, 0.4) is 0 Å². The fraction of sp³-hybridized carbons (Fsp3) is 0.724. The number of carbonyl (C=O) groups is 4. The highest BCUT2D eigenvalue weighted by Gasteiger charge is 2.76. The largest absolute Gasteiger partial charge is 0.448 e. The first kappa shape index (κ1) is 34.2. The topological polar surface area (TPSA) is 224 Å². The Morgan fingerprint density at radius 2 is 1.76 bits per heavy atom. The van der Waals surface area contributed by atoms with E-state index in [1.54, 1.807) is 6.92 Å². The van der Waals surface area contributed by atoms with Crippen LogP contribution in [0, 0.1) is 32.8 Å². The van der Waals surface area contributed by atoms with Gasteiger partial charge in [-0.05, 0) is 63.5 Å². The van der Waals surface area contributed by atoms with Crippen molar-refractivity contribution in [1.29, 1.82) is 0 Å². The van der Waals surface area contributed by atoms with E-state index in [0.717, 1.165) is 0 Å². The summed E-state index contributed by atoms with van der Waals surface area (Å²) in [6, 6.07) is 0. The lowest BCUT2D eigenvalue weighted by molar-refractivity contribution is -0.757. The maximum Gasteiger partial charge on any atom is 0.407 e. The van der Waals surface area contributed by atoms with Gasteiger partial charge in [-0.25, -0.2) is 14.0 Å². The summed E-state index contributed by atoms with van der Waals surface area (Å²) in [5, 5.41) is 47.9. The highest BCUT2D eigenvalue weighted by Crippen LogP contribution is 2.69. The number of aliphatic hydroxyl groups is 3. The number of hydrogen-bond acceptors (Lipinski definition) is 12. The standard InChI is InChI=1S/C29H40FN3O12/c1-26-8-7-18(34)13-17(26)5-6-19-20-14-21(35)29(40,27(20,2)15-22(36)28(19,26)30)23(37)16-44-25(39)32-10-12-43-24(38)31-9-3-4-11-45-33(41)42/h7-8,13,19-22,35-36,40H,3-6,9-12,14-16H2,1-2H3,(H,31,38)(H,32,39)/t19-,20-,21+,22-,26-,27-,28-,29-/m0/s1. The van der Waals surface area contributed by atoms with E-state index >= 15 is 4.39 Å². The van der Waals surface area contributed by atoms with Crippen LogP contribution in [0.1, 0.15) is 52.4 Å². The number of ether oxygens (including phenoxy) is 2. The molecular formula is C29H40FN3O12. The zero-order valence-corrected chi connectivity index (χ0v) is 25.2. The highest BCUT2D eigenvalue weighted by atomic mass is 19.1.